The van der Waals surface area contributed by atoms with Crippen LogP contribution in [0, 0.1) is 11.2 Å². The molecule has 5 heteroatoms. The minimum atomic E-state index is -0.363. The van der Waals surface area contributed by atoms with Gasteiger partial charge in [0, 0.05) is 24.7 Å². The Hall–Kier alpha value is -1.62. The highest BCUT2D eigenvalue weighted by molar-refractivity contribution is 5.94. The molecule has 1 atom stereocenters. The molecule has 1 aliphatic heterocycles. The average Bonchev–Trinajstić information content (AvgIpc) is 2.47. The SMILES string of the molecule is CC(NC(=O)c1ccc(N2CCOCC2)c(F)c1)C(C)(C)C. The van der Waals surface area contributed by atoms with Crippen LogP contribution in [0.4, 0.5) is 10.1 Å². The number of anilines is 1. The zero-order valence-electron chi connectivity index (χ0n) is 13.8. The molecule has 1 aromatic rings. The van der Waals surface area contributed by atoms with Crippen LogP contribution in [0.15, 0.2) is 18.2 Å². The zero-order valence-corrected chi connectivity index (χ0v) is 13.8. The zero-order chi connectivity index (χ0) is 16.3. The molecule has 1 unspecified atom stereocenters. The number of ether oxygens (including phenoxy) is 1. The van der Waals surface area contributed by atoms with E-state index in [9.17, 15) is 9.18 Å². The van der Waals surface area contributed by atoms with Crippen molar-refractivity contribution in [2.75, 3.05) is 31.2 Å². The van der Waals surface area contributed by atoms with E-state index < -0.39 is 0 Å². The number of nitrogens with zero attached hydrogens (tertiary/aromatic N) is 1. The van der Waals surface area contributed by atoms with E-state index in [1.54, 1.807) is 12.1 Å². The van der Waals surface area contributed by atoms with Crippen LogP contribution >= 0.6 is 0 Å². The van der Waals surface area contributed by atoms with Crippen LogP contribution in [0.2, 0.25) is 0 Å². The summed E-state index contributed by atoms with van der Waals surface area (Å²) in [6, 6.07) is 4.67. The van der Waals surface area contributed by atoms with Gasteiger partial charge in [-0.1, -0.05) is 20.8 Å². The Balaban J connectivity index is 2.10. The van der Waals surface area contributed by atoms with E-state index in [1.165, 1.54) is 6.07 Å². The van der Waals surface area contributed by atoms with Crippen LogP contribution < -0.4 is 10.2 Å². The fourth-order valence-corrected chi connectivity index (χ4v) is 2.21. The molecule has 0 aliphatic carbocycles. The van der Waals surface area contributed by atoms with Crippen molar-refractivity contribution < 1.29 is 13.9 Å². The van der Waals surface area contributed by atoms with Gasteiger partial charge < -0.3 is 15.0 Å². The minimum absolute atomic E-state index is 0.00183. The van der Waals surface area contributed by atoms with Gasteiger partial charge >= 0.3 is 0 Å². The number of rotatable bonds is 3. The molecule has 1 aromatic carbocycles. The summed E-state index contributed by atoms with van der Waals surface area (Å²) >= 11 is 0. The Morgan fingerprint density at radius 1 is 1.32 bits per heavy atom. The first-order valence-electron chi connectivity index (χ1n) is 7.72. The quantitative estimate of drug-likeness (QED) is 0.933. The molecular weight excluding hydrogens is 283 g/mol. The highest BCUT2D eigenvalue weighted by atomic mass is 19.1. The third kappa shape index (κ3) is 3.97. The van der Waals surface area contributed by atoms with Crippen molar-refractivity contribution in [1.82, 2.24) is 5.32 Å². The number of halogens is 1. The van der Waals surface area contributed by atoms with Crippen LogP contribution in [-0.2, 0) is 4.74 Å². The van der Waals surface area contributed by atoms with Crippen LogP contribution in [0.1, 0.15) is 38.1 Å². The lowest BCUT2D eigenvalue weighted by Gasteiger charge is -2.29. The molecule has 1 heterocycles. The molecule has 122 valence electrons. The molecule has 0 radical (unpaired) electrons. The molecule has 1 fully saturated rings. The Bertz CT molecular complexity index is 534. The molecule has 4 nitrogen and oxygen atoms in total. The topological polar surface area (TPSA) is 41.6 Å². The summed E-state index contributed by atoms with van der Waals surface area (Å²) in [6.07, 6.45) is 0. The maximum atomic E-state index is 14.3. The van der Waals surface area contributed by atoms with Crippen molar-refractivity contribution in [2.45, 2.75) is 33.7 Å². The summed E-state index contributed by atoms with van der Waals surface area (Å²) in [5.41, 5.74) is 0.844. The molecular formula is C17H25FN2O2. The number of carbonyl (C=O) groups excluding carboxylic acids is 1. The Labute approximate surface area is 131 Å². The third-order valence-corrected chi connectivity index (χ3v) is 4.21. The van der Waals surface area contributed by atoms with Crippen molar-refractivity contribution in [3.8, 4) is 0 Å². The van der Waals surface area contributed by atoms with Crippen molar-refractivity contribution in [2.24, 2.45) is 5.41 Å². The second kappa shape index (κ2) is 6.65. The van der Waals surface area contributed by atoms with E-state index >= 15 is 0 Å². The molecule has 1 saturated heterocycles. The second-order valence-electron chi connectivity index (χ2n) is 6.83. The van der Waals surface area contributed by atoms with E-state index in [0.29, 0.717) is 37.6 Å². The fourth-order valence-electron chi connectivity index (χ4n) is 2.21. The van der Waals surface area contributed by atoms with Gasteiger partial charge in [-0.25, -0.2) is 4.39 Å². The normalized spacial score (nSPS) is 17.2. The average molecular weight is 308 g/mol. The van der Waals surface area contributed by atoms with Crippen molar-refractivity contribution >= 4 is 11.6 Å². The molecule has 2 rings (SSSR count). The number of morpholine rings is 1. The van der Waals surface area contributed by atoms with Gasteiger partial charge in [-0.3, -0.25) is 4.79 Å². The first kappa shape index (κ1) is 16.7. The number of nitrogens with one attached hydrogen (secondary N) is 1. The summed E-state index contributed by atoms with van der Waals surface area (Å²) in [5, 5.41) is 2.92. The monoisotopic (exact) mass is 308 g/mol. The van der Waals surface area contributed by atoms with E-state index in [-0.39, 0.29) is 23.2 Å². The Morgan fingerprint density at radius 3 is 2.50 bits per heavy atom. The lowest BCUT2D eigenvalue weighted by molar-refractivity contribution is 0.0909. The predicted molar refractivity (Wildman–Crippen MR) is 85.8 cm³/mol. The van der Waals surface area contributed by atoms with Crippen molar-refractivity contribution in [1.29, 1.82) is 0 Å². The van der Waals surface area contributed by atoms with Crippen molar-refractivity contribution in [3.05, 3.63) is 29.6 Å². The van der Waals surface area contributed by atoms with E-state index in [2.05, 4.69) is 26.1 Å². The molecule has 22 heavy (non-hydrogen) atoms. The third-order valence-electron chi connectivity index (χ3n) is 4.21. The number of benzene rings is 1. The van der Waals surface area contributed by atoms with Crippen LogP contribution in [-0.4, -0.2) is 38.3 Å². The molecule has 0 spiro atoms. The standard InChI is InChI=1S/C17H25FN2O2/c1-12(17(2,3)4)19-16(21)13-5-6-15(14(18)11-13)20-7-9-22-10-8-20/h5-6,11-12H,7-10H2,1-4H3,(H,19,21). The van der Waals surface area contributed by atoms with E-state index in [1.807, 2.05) is 11.8 Å². The Morgan fingerprint density at radius 2 is 1.95 bits per heavy atom. The van der Waals surface area contributed by atoms with Crippen LogP contribution in [0.5, 0.6) is 0 Å². The van der Waals surface area contributed by atoms with E-state index in [4.69, 9.17) is 4.74 Å². The van der Waals surface area contributed by atoms with Gasteiger partial charge in [-0.15, -0.1) is 0 Å². The van der Waals surface area contributed by atoms with Gasteiger partial charge in [0.15, 0.2) is 0 Å². The van der Waals surface area contributed by atoms with Crippen LogP contribution in [0.3, 0.4) is 0 Å². The summed E-state index contributed by atoms with van der Waals surface area (Å²) in [5.74, 6) is -0.604. The number of amides is 1. The maximum absolute atomic E-state index is 14.3. The van der Waals surface area contributed by atoms with E-state index in [0.717, 1.165) is 0 Å². The molecule has 1 aliphatic rings. The molecule has 1 N–H and O–H groups in total. The minimum Gasteiger partial charge on any atom is -0.378 e. The predicted octanol–water partition coefficient (Wildman–Crippen LogP) is 2.83. The Kier molecular flexibility index (Phi) is 5.06. The van der Waals surface area contributed by atoms with Gasteiger partial charge in [0.05, 0.1) is 18.9 Å². The van der Waals surface area contributed by atoms with Gasteiger partial charge in [-0.2, -0.15) is 0 Å². The van der Waals surface area contributed by atoms with Gasteiger partial charge in [0.2, 0.25) is 0 Å². The second-order valence-corrected chi connectivity index (χ2v) is 6.83. The smallest absolute Gasteiger partial charge is 0.251 e. The summed E-state index contributed by atoms with van der Waals surface area (Å²) in [7, 11) is 0. The molecule has 0 aromatic heterocycles. The first-order valence-corrected chi connectivity index (χ1v) is 7.72. The summed E-state index contributed by atoms with van der Waals surface area (Å²) in [6.45, 7) is 10.7. The summed E-state index contributed by atoms with van der Waals surface area (Å²) < 4.78 is 19.6. The lowest BCUT2D eigenvalue weighted by atomic mass is 9.88. The van der Waals surface area contributed by atoms with Gasteiger partial charge in [0.1, 0.15) is 5.82 Å². The molecule has 0 saturated carbocycles. The number of carbonyl (C=O) groups is 1. The maximum Gasteiger partial charge on any atom is 0.251 e. The lowest BCUT2D eigenvalue weighted by Crippen LogP contribution is -2.41. The van der Waals surface area contributed by atoms with Gasteiger partial charge in [-0.05, 0) is 30.5 Å². The highest BCUT2D eigenvalue weighted by Gasteiger charge is 2.23. The highest BCUT2D eigenvalue weighted by Crippen LogP contribution is 2.23. The number of hydrogen-bond acceptors (Lipinski definition) is 3. The number of hydrogen-bond donors (Lipinski definition) is 1. The first-order chi connectivity index (χ1) is 10.3. The van der Waals surface area contributed by atoms with Crippen molar-refractivity contribution in [3.63, 3.8) is 0 Å². The molecule has 0 bridgehead atoms. The fraction of sp³-hybridized carbons (Fsp3) is 0.588. The molecule has 1 amide bonds. The summed E-state index contributed by atoms with van der Waals surface area (Å²) in [4.78, 5) is 14.2. The van der Waals surface area contributed by atoms with Gasteiger partial charge in [0.25, 0.3) is 5.91 Å². The van der Waals surface area contributed by atoms with Crippen LogP contribution in [0.25, 0.3) is 0 Å². The largest absolute Gasteiger partial charge is 0.378 e.